The Morgan fingerprint density at radius 2 is 2.28 bits per heavy atom. The second-order valence-electron chi connectivity index (χ2n) is 4.18. The van der Waals surface area contributed by atoms with Crippen LogP contribution in [-0.2, 0) is 9.47 Å². The van der Waals surface area contributed by atoms with Crippen LogP contribution in [0.3, 0.4) is 0 Å². The van der Waals surface area contributed by atoms with Gasteiger partial charge in [-0.05, 0) is 19.3 Å². The molecule has 96 valence electrons. The van der Waals surface area contributed by atoms with E-state index in [9.17, 15) is 0 Å². The minimum absolute atomic E-state index is 0.111. The van der Waals surface area contributed by atoms with Gasteiger partial charge in [-0.3, -0.25) is 4.57 Å². The first-order valence-electron chi connectivity index (χ1n) is 5.81. The molecule has 0 radical (unpaired) electrons. The van der Waals surface area contributed by atoms with Gasteiger partial charge in [0.05, 0.1) is 6.33 Å². The smallest absolute Gasteiger partial charge is 0.166 e. The Morgan fingerprint density at radius 1 is 1.39 bits per heavy atom. The van der Waals surface area contributed by atoms with Crippen LogP contribution >= 0.6 is 11.6 Å². The Bertz CT molecular complexity index is 559. The van der Waals surface area contributed by atoms with Crippen LogP contribution in [0.1, 0.15) is 25.5 Å². The van der Waals surface area contributed by atoms with Crippen LogP contribution in [-0.4, -0.2) is 32.9 Å². The van der Waals surface area contributed by atoms with Crippen molar-refractivity contribution in [1.29, 1.82) is 0 Å². The van der Waals surface area contributed by atoms with Gasteiger partial charge in [0.25, 0.3) is 0 Å². The molecule has 18 heavy (non-hydrogen) atoms. The van der Waals surface area contributed by atoms with E-state index < -0.39 is 0 Å². The van der Waals surface area contributed by atoms with E-state index in [0.29, 0.717) is 16.3 Å². The van der Waals surface area contributed by atoms with Crippen molar-refractivity contribution in [3.8, 4) is 0 Å². The number of imidazole rings is 1. The molecule has 2 atom stereocenters. The van der Waals surface area contributed by atoms with Crippen molar-refractivity contribution >= 4 is 22.8 Å². The average Bonchev–Trinajstić information content (AvgIpc) is 2.84. The standard InChI is InChI=1S/C11H13ClN4O2/c1-17-8-4-2-3-7(18-8)16-6-15-9-10(12)13-5-14-11(9)16/h5-8H,2-4H2,1H3/t7-,8-/m0/s1. The molecule has 0 saturated carbocycles. The second-order valence-corrected chi connectivity index (χ2v) is 4.53. The summed E-state index contributed by atoms with van der Waals surface area (Å²) < 4.78 is 12.9. The number of methoxy groups -OCH3 is 1. The number of hydrogen-bond donors (Lipinski definition) is 0. The molecule has 1 aliphatic heterocycles. The van der Waals surface area contributed by atoms with Crippen LogP contribution in [0, 0.1) is 0 Å². The number of ether oxygens (including phenoxy) is 2. The molecule has 0 unspecified atom stereocenters. The zero-order valence-corrected chi connectivity index (χ0v) is 10.7. The lowest BCUT2D eigenvalue weighted by molar-refractivity contribution is -0.201. The van der Waals surface area contributed by atoms with E-state index in [1.807, 2.05) is 4.57 Å². The topological polar surface area (TPSA) is 62.1 Å². The van der Waals surface area contributed by atoms with E-state index in [-0.39, 0.29) is 12.5 Å². The van der Waals surface area contributed by atoms with Crippen LogP contribution in [0.4, 0.5) is 0 Å². The molecule has 0 N–H and O–H groups in total. The summed E-state index contributed by atoms with van der Waals surface area (Å²) in [6.45, 7) is 0. The summed E-state index contributed by atoms with van der Waals surface area (Å²) in [6, 6.07) is 0. The highest BCUT2D eigenvalue weighted by Gasteiger charge is 2.25. The maximum Gasteiger partial charge on any atom is 0.166 e. The van der Waals surface area contributed by atoms with Gasteiger partial charge in [0.2, 0.25) is 0 Å². The number of nitrogens with zero attached hydrogens (tertiary/aromatic N) is 4. The predicted molar refractivity (Wildman–Crippen MR) is 65.1 cm³/mol. The van der Waals surface area contributed by atoms with Crippen molar-refractivity contribution in [2.75, 3.05) is 7.11 Å². The van der Waals surface area contributed by atoms with Gasteiger partial charge < -0.3 is 9.47 Å². The van der Waals surface area contributed by atoms with Crippen molar-refractivity contribution in [3.63, 3.8) is 0 Å². The number of fused-ring (bicyclic) bond motifs is 1. The van der Waals surface area contributed by atoms with Gasteiger partial charge in [-0.2, -0.15) is 0 Å². The molecule has 3 rings (SSSR count). The quantitative estimate of drug-likeness (QED) is 0.781. The monoisotopic (exact) mass is 268 g/mol. The number of halogens is 1. The van der Waals surface area contributed by atoms with Gasteiger partial charge >= 0.3 is 0 Å². The van der Waals surface area contributed by atoms with Gasteiger partial charge in [-0.1, -0.05) is 11.6 Å². The summed E-state index contributed by atoms with van der Waals surface area (Å²) in [4.78, 5) is 12.4. The Hall–Kier alpha value is -1.24. The van der Waals surface area contributed by atoms with Crippen LogP contribution < -0.4 is 0 Å². The third-order valence-corrected chi connectivity index (χ3v) is 3.36. The molecule has 3 heterocycles. The largest absolute Gasteiger partial charge is 0.356 e. The van der Waals surface area contributed by atoms with Crippen molar-refractivity contribution in [3.05, 3.63) is 17.8 Å². The third-order valence-electron chi connectivity index (χ3n) is 3.09. The molecule has 0 amide bonds. The number of aromatic nitrogens is 4. The maximum atomic E-state index is 5.97. The Balaban J connectivity index is 1.96. The van der Waals surface area contributed by atoms with E-state index in [2.05, 4.69) is 15.0 Å². The fourth-order valence-electron chi connectivity index (χ4n) is 2.18. The summed E-state index contributed by atoms with van der Waals surface area (Å²) in [5.74, 6) is 0. The lowest BCUT2D eigenvalue weighted by Crippen LogP contribution is -2.27. The van der Waals surface area contributed by atoms with Gasteiger partial charge in [-0.15, -0.1) is 0 Å². The number of hydrogen-bond acceptors (Lipinski definition) is 5. The van der Waals surface area contributed by atoms with Crippen molar-refractivity contribution < 1.29 is 9.47 Å². The third kappa shape index (κ3) is 1.96. The van der Waals surface area contributed by atoms with Crippen LogP contribution in [0.15, 0.2) is 12.7 Å². The van der Waals surface area contributed by atoms with Gasteiger partial charge in [0, 0.05) is 7.11 Å². The lowest BCUT2D eigenvalue weighted by Gasteiger charge is -2.29. The summed E-state index contributed by atoms with van der Waals surface area (Å²) in [6.07, 6.45) is 5.70. The highest BCUT2D eigenvalue weighted by Crippen LogP contribution is 2.30. The lowest BCUT2D eigenvalue weighted by atomic mass is 10.1. The summed E-state index contributed by atoms with van der Waals surface area (Å²) in [7, 11) is 1.65. The molecule has 0 spiro atoms. The van der Waals surface area contributed by atoms with Gasteiger partial charge in [0.1, 0.15) is 18.1 Å². The highest BCUT2D eigenvalue weighted by molar-refractivity contribution is 6.33. The maximum absolute atomic E-state index is 5.97. The first-order chi connectivity index (χ1) is 8.79. The molecule has 0 aliphatic carbocycles. The molecule has 2 aromatic heterocycles. The van der Waals surface area contributed by atoms with Gasteiger partial charge in [0.15, 0.2) is 17.1 Å². The molecule has 2 aromatic rings. The van der Waals surface area contributed by atoms with Crippen LogP contribution in [0.25, 0.3) is 11.2 Å². The first-order valence-corrected chi connectivity index (χ1v) is 6.18. The molecular weight excluding hydrogens is 256 g/mol. The number of rotatable bonds is 2. The fourth-order valence-corrected chi connectivity index (χ4v) is 2.36. The zero-order chi connectivity index (χ0) is 12.5. The van der Waals surface area contributed by atoms with E-state index in [0.717, 1.165) is 19.3 Å². The summed E-state index contributed by atoms with van der Waals surface area (Å²) >= 11 is 5.97. The molecule has 1 aliphatic rings. The van der Waals surface area contributed by atoms with E-state index in [4.69, 9.17) is 21.1 Å². The Morgan fingerprint density at radius 3 is 3.11 bits per heavy atom. The minimum atomic E-state index is -0.168. The first kappa shape index (κ1) is 11.8. The second kappa shape index (κ2) is 4.79. The van der Waals surface area contributed by atoms with E-state index in [1.54, 1.807) is 13.4 Å². The molecule has 6 nitrogen and oxygen atoms in total. The fraction of sp³-hybridized carbons (Fsp3) is 0.545. The Kier molecular flexibility index (Phi) is 3.15. The average molecular weight is 269 g/mol. The summed E-state index contributed by atoms with van der Waals surface area (Å²) in [5, 5.41) is 0.359. The highest BCUT2D eigenvalue weighted by atomic mass is 35.5. The molecule has 7 heteroatoms. The zero-order valence-electron chi connectivity index (χ0n) is 9.91. The molecule has 0 aromatic carbocycles. The molecule has 1 fully saturated rings. The van der Waals surface area contributed by atoms with Gasteiger partial charge in [-0.25, -0.2) is 15.0 Å². The van der Waals surface area contributed by atoms with Crippen LogP contribution in [0.5, 0.6) is 0 Å². The van der Waals surface area contributed by atoms with Crippen molar-refractivity contribution in [2.45, 2.75) is 31.8 Å². The predicted octanol–water partition coefficient (Wildman–Crippen LogP) is 2.15. The molecular formula is C11H13ClN4O2. The minimum Gasteiger partial charge on any atom is -0.356 e. The van der Waals surface area contributed by atoms with Crippen molar-refractivity contribution in [2.24, 2.45) is 0 Å². The molecule has 1 saturated heterocycles. The normalized spacial score (nSPS) is 24.6. The SMILES string of the molecule is CO[C@@H]1CCC[C@@H](n2cnc3c(Cl)ncnc32)O1. The van der Waals surface area contributed by atoms with Crippen LogP contribution in [0.2, 0.25) is 5.15 Å². The summed E-state index contributed by atoms with van der Waals surface area (Å²) in [5.41, 5.74) is 1.29. The van der Waals surface area contributed by atoms with E-state index in [1.165, 1.54) is 6.33 Å². The van der Waals surface area contributed by atoms with Crippen molar-refractivity contribution in [1.82, 2.24) is 19.5 Å². The Labute approximate surface area is 109 Å². The molecule has 0 bridgehead atoms. The van der Waals surface area contributed by atoms with E-state index >= 15 is 0 Å².